The second-order valence-electron chi connectivity index (χ2n) is 4.31. The van der Waals surface area contributed by atoms with Crippen molar-refractivity contribution < 1.29 is 0 Å². The Balaban J connectivity index is 2.29. The Morgan fingerprint density at radius 2 is 2.11 bits per heavy atom. The van der Waals surface area contributed by atoms with Gasteiger partial charge in [-0.05, 0) is 31.5 Å². The molecule has 0 aliphatic carbocycles. The first kappa shape index (κ1) is 10.7. The highest BCUT2D eigenvalue weighted by Crippen LogP contribution is 2.15. The number of aromatic nitrogens is 4. The number of benzene rings is 1. The Hall–Kier alpha value is -2.43. The van der Waals surface area contributed by atoms with Crippen LogP contribution in [0.25, 0.3) is 16.6 Å². The second kappa shape index (κ2) is 3.80. The predicted octanol–water partition coefficient (Wildman–Crippen LogP) is 1.73. The fraction of sp³-hybridized carbons (Fsp3) is 0.154. The normalized spacial score (nSPS) is 11.0. The Kier molecular flexibility index (Phi) is 2.26. The van der Waals surface area contributed by atoms with Gasteiger partial charge in [0.05, 0.1) is 11.4 Å². The van der Waals surface area contributed by atoms with Gasteiger partial charge < -0.3 is 0 Å². The molecule has 0 unspecified atom stereocenters. The van der Waals surface area contributed by atoms with Gasteiger partial charge in [0.1, 0.15) is 0 Å². The van der Waals surface area contributed by atoms with E-state index in [1.54, 1.807) is 4.68 Å². The van der Waals surface area contributed by atoms with Crippen molar-refractivity contribution in [3.63, 3.8) is 0 Å². The first-order valence-electron chi connectivity index (χ1n) is 5.67. The third-order valence-electron chi connectivity index (χ3n) is 2.91. The Morgan fingerprint density at radius 3 is 2.83 bits per heavy atom. The van der Waals surface area contributed by atoms with Crippen molar-refractivity contribution in [1.82, 2.24) is 20.0 Å². The number of fused-ring (bicyclic) bond motifs is 1. The van der Waals surface area contributed by atoms with Crippen molar-refractivity contribution in [2.75, 3.05) is 0 Å². The number of nitrogens with zero attached hydrogens (tertiary/aromatic N) is 3. The van der Waals surface area contributed by atoms with E-state index in [9.17, 15) is 4.79 Å². The second-order valence-corrected chi connectivity index (χ2v) is 4.31. The molecule has 0 amide bonds. The van der Waals surface area contributed by atoms with Crippen LogP contribution in [0.5, 0.6) is 0 Å². The zero-order valence-electron chi connectivity index (χ0n) is 10.1. The molecule has 0 atom stereocenters. The highest BCUT2D eigenvalue weighted by molar-refractivity contribution is 5.79. The van der Waals surface area contributed by atoms with Gasteiger partial charge in [-0.1, -0.05) is 12.1 Å². The molecule has 0 aliphatic heterocycles. The summed E-state index contributed by atoms with van der Waals surface area (Å²) in [5, 5.41) is 11.5. The summed E-state index contributed by atoms with van der Waals surface area (Å²) in [6, 6.07) is 7.96. The first-order chi connectivity index (χ1) is 8.65. The van der Waals surface area contributed by atoms with Gasteiger partial charge in [-0.2, -0.15) is 10.2 Å². The van der Waals surface area contributed by atoms with Crippen molar-refractivity contribution in [3.8, 4) is 5.69 Å². The molecule has 5 heteroatoms. The molecule has 0 bridgehead atoms. The highest BCUT2D eigenvalue weighted by Gasteiger charge is 2.09. The molecular weight excluding hydrogens is 228 g/mol. The molecule has 5 nitrogen and oxygen atoms in total. The average molecular weight is 240 g/mol. The average Bonchev–Trinajstić information content (AvgIpc) is 2.80. The third kappa shape index (κ3) is 1.60. The van der Waals surface area contributed by atoms with Crippen LogP contribution in [0.1, 0.15) is 11.3 Å². The molecule has 0 fully saturated rings. The molecule has 3 rings (SSSR count). The first-order valence-corrected chi connectivity index (χ1v) is 5.67. The van der Waals surface area contributed by atoms with Crippen LogP contribution in [-0.2, 0) is 0 Å². The van der Waals surface area contributed by atoms with E-state index in [0.29, 0.717) is 5.52 Å². The van der Waals surface area contributed by atoms with E-state index < -0.39 is 0 Å². The lowest BCUT2D eigenvalue weighted by Crippen LogP contribution is -2.09. The van der Waals surface area contributed by atoms with Crippen LogP contribution in [0.2, 0.25) is 0 Å². The van der Waals surface area contributed by atoms with Crippen LogP contribution in [0.15, 0.2) is 35.3 Å². The van der Waals surface area contributed by atoms with E-state index in [1.807, 2.05) is 44.3 Å². The van der Waals surface area contributed by atoms with Gasteiger partial charge in [-0.25, -0.2) is 9.78 Å². The smallest absolute Gasteiger partial charge is 0.265 e. The maximum absolute atomic E-state index is 11.6. The van der Waals surface area contributed by atoms with Gasteiger partial charge >= 0.3 is 0 Å². The van der Waals surface area contributed by atoms with Gasteiger partial charge in [0.25, 0.3) is 5.56 Å². The van der Waals surface area contributed by atoms with Gasteiger partial charge in [-0.3, -0.25) is 4.79 Å². The summed E-state index contributed by atoms with van der Waals surface area (Å²) in [6.07, 6.45) is 1.84. The summed E-state index contributed by atoms with van der Waals surface area (Å²) in [4.78, 5) is 11.6. The summed E-state index contributed by atoms with van der Waals surface area (Å²) in [6.45, 7) is 3.87. The van der Waals surface area contributed by atoms with Gasteiger partial charge in [0, 0.05) is 11.6 Å². The third-order valence-corrected chi connectivity index (χ3v) is 2.91. The molecule has 1 aromatic carbocycles. The van der Waals surface area contributed by atoms with E-state index in [1.165, 1.54) is 0 Å². The van der Waals surface area contributed by atoms with Crippen LogP contribution in [-0.4, -0.2) is 20.0 Å². The predicted molar refractivity (Wildman–Crippen MR) is 69.0 cm³/mol. The standard InChI is InChI=1S/C13H12N4O/c1-8-4-3-5-10(6-8)17-7-11-9(2)14-15-13(18)12(11)16-17/h3-7H,1-2H3,(H,15,18). The molecule has 2 aromatic heterocycles. The maximum Gasteiger partial charge on any atom is 0.292 e. The van der Waals surface area contributed by atoms with Crippen molar-refractivity contribution in [2.24, 2.45) is 0 Å². The van der Waals surface area contributed by atoms with E-state index >= 15 is 0 Å². The minimum Gasteiger partial charge on any atom is -0.265 e. The Morgan fingerprint density at radius 1 is 1.28 bits per heavy atom. The van der Waals surface area contributed by atoms with Gasteiger partial charge in [-0.15, -0.1) is 0 Å². The summed E-state index contributed by atoms with van der Waals surface area (Å²) in [5.74, 6) is 0. The largest absolute Gasteiger partial charge is 0.292 e. The Bertz CT molecular complexity index is 785. The topological polar surface area (TPSA) is 63.6 Å². The maximum atomic E-state index is 11.6. The molecule has 3 aromatic rings. The molecule has 1 N–H and O–H groups in total. The number of hydrogen-bond donors (Lipinski definition) is 1. The minimum atomic E-state index is -0.262. The van der Waals surface area contributed by atoms with Crippen LogP contribution < -0.4 is 5.56 Å². The lowest BCUT2D eigenvalue weighted by molar-refractivity contribution is 0.889. The zero-order valence-corrected chi connectivity index (χ0v) is 10.1. The summed E-state index contributed by atoms with van der Waals surface area (Å²) < 4.78 is 1.71. The molecule has 0 saturated heterocycles. The number of nitrogens with one attached hydrogen (secondary N) is 1. The lowest BCUT2D eigenvalue weighted by Gasteiger charge is -2.01. The SMILES string of the molecule is Cc1cccc(-n2cc3c(C)n[nH]c(=O)c3n2)c1. The number of H-pyrrole nitrogens is 1. The van der Waals surface area contributed by atoms with Gasteiger partial charge in [0.15, 0.2) is 5.52 Å². The van der Waals surface area contributed by atoms with Crippen molar-refractivity contribution in [2.45, 2.75) is 13.8 Å². The summed E-state index contributed by atoms with van der Waals surface area (Å²) in [7, 11) is 0. The van der Waals surface area contributed by atoms with E-state index in [0.717, 1.165) is 22.3 Å². The molecular formula is C13H12N4O. The van der Waals surface area contributed by atoms with Crippen LogP contribution in [0.3, 0.4) is 0 Å². The fourth-order valence-corrected chi connectivity index (χ4v) is 1.96. The van der Waals surface area contributed by atoms with Crippen molar-refractivity contribution in [3.05, 3.63) is 52.1 Å². The quantitative estimate of drug-likeness (QED) is 0.704. The van der Waals surface area contributed by atoms with Gasteiger partial charge in [0.2, 0.25) is 0 Å². The van der Waals surface area contributed by atoms with Crippen LogP contribution in [0.4, 0.5) is 0 Å². The summed E-state index contributed by atoms with van der Waals surface area (Å²) >= 11 is 0. The minimum absolute atomic E-state index is 0.262. The molecule has 0 saturated carbocycles. The molecule has 18 heavy (non-hydrogen) atoms. The van der Waals surface area contributed by atoms with Crippen molar-refractivity contribution in [1.29, 1.82) is 0 Å². The van der Waals surface area contributed by atoms with E-state index in [2.05, 4.69) is 15.3 Å². The molecule has 0 radical (unpaired) electrons. The molecule has 2 heterocycles. The van der Waals surface area contributed by atoms with E-state index in [-0.39, 0.29) is 5.56 Å². The summed E-state index contributed by atoms with van der Waals surface area (Å²) in [5.41, 5.74) is 3.01. The Labute approximate surface area is 103 Å². The lowest BCUT2D eigenvalue weighted by atomic mass is 10.2. The number of rotatable bonds is 1. The van der Waals surface area contributed by atoms with E-state index in [4.69, 9.17) is 0 Å². The van der Waals surface area contributed by atoms with Crippen LogP contribution >= 0.6 is 0 Å². The number of aromatic amines is 1. The molecule has 0 spiro atoms. The monoisotopic (exact) mass is 240 g/mol. The molecule has 90 valence electrons. The molecule has 0 aliphatic rings. The fourth-order valence-electron chi connectivity index (χ4n) is 1.96. The number of aryl methyl sites for hydroxylation is 2. The number of hydrogen-bond acceptors (Lipinski definition) is 3. The van der Waals surface area contributed by atoms with Crippen molar-refractivity contribution >= 4 is 10.9 Å². The zero-order chi connectivity index (χ0) is 12.7. The van der Waals surface area contributed by atoms with Crippen LogP contribution in [0, 0.1) is 13.8 Å². The highest BCUT2D eigenvalue weighted by atomic mass is 16.1.